The van der Waals surface area contributed by atoms with Crippen LogP contribution in [0.3, 0.4) is 0 Å². The monoisotopic (exact) mass is 303 g/mol. The number of rotatable bonds is 6. The van der Waals surface area contributed by atoms with Gasteiger partial charge in [-0.1, -0.05) is 38.1 Å². The Kier molecular flexibility index (Phi) is 5.83. The minimum atomic E-state index is 0.203. The second-order valence-corrected chi connectivity index (χ2v) is 6.46. The average molecular weight is 303 g/mol. The van der Waals surface area contributed by atoms with Crippen LogP contribution in [-0.4, -0.2) is 32.3 Å². The Labute approximate surface area is 134 Å². The standard InChI is InChI=1S/C18H29N3O/c1-5-15-7-9-16(10-8-15)14(3)21-17(19-6-2)20-11-18(4)12-22-13-18/h7-10,14H,5-6,11-13H2,1-4H3,(H2,19,20,21). The normalized spacial score (nSPS) is 18.5. The number of benzene rings is 1. The van der Waals surface area contributed by atoms with Gasteiger partial charge in [0.15, 0.2) is 5.96 Å². The van der Waals surface area contributed by atoms with Crippen LogP contribution in [0.1, 0.15) is 44.9 Å². The Hall–Kier alpha value is -1.55. The lowest BCUT2D eigenvalue weighted by molar-refractivity contribution is -0.0945. The molecule has 1 aromatic rings. The SMILES string of the molecule is CCNC(=NCC1(C)COC1)NC(C)c1ccc(CC)cc1. The van der Waals surface area contributed by atoms with Crippen LogP contribution in [0.25, 0.3) is 0 Å². The van der Waals surface area contributed by atoms with Crippen molar-refractivity contribution >= 4 is 5.96 Å². The zero-order valence-electron chi connectivity index (χ0n) is 14.3. The summed E-state index contributed by atoms with van der Waals surface area (Å²) in [4.78, 5) is 4.72. The molecule has 0 saturated carbocycles. The van der Waals surface area contributed by atoms with Crippen LogP contribution in [-0.2, 0) is 11.2 Å². The summed E-state index contributed by atoms with van der Waals surface area (Å²) in [5.41, 5.74) is 2.85. The fourth-order valence-electron chi connectivity index (χ4n) is 2.46. The van der Waals surface area contributed by atoms with E-state index in [1.807, 2.05) is 0 Å². The Bertz CT molecular complexity index is 492. The number of nitrogens with one attached hydrogen (secondary N) is 2. The molecule has 1 unspecified atom stereocenters. The first-order valence-corrected chi connectivity index (χ1v) is 8.28. The molecule has 0 aromatic heterocycles. The minimum absolute atomic E-state index is 0.203. The van der Waals surface area contributed by atoms with Gasteiger partial charge in [-0.05, 0) is 31.4 Å². The van der Waals surface area contributed by atoms with Crippen LogP contribution in [0.5, 0.6) is 0 Å². The lowest BCUT2D eigenvalue weighted by Crippen LogP contribution is -2.44. The first-order valence-electron chi connectivity index (χ1n) is 8.28. The van der Waals surface area contributed by atoms with Crippen molar-refractivity contribution < 1.29 is 4.74 Å². The number of ether oxygens (including phenoxy) is 1. The van der Waals surface area contributed by atoms with Gasteiger partial charge in [-0.15, -0.1) is 0 Å². The van der Waals surface area contributed by atoms with Gasteiger partial charge in [0.25, 0.3) is 0 Å². The van der Waals surface area contributed by atoms with Crippen molar-refractivity contribution in [2.45, 2.75) is 40.2 Å². The second kappa shape index (κ2) is 7.63. The molecule has 1 heterocycles. The summed E-state index contributed by atoms with van der Waals surface area (Å²) in [6.07, 6.45) is 1.08. The van der Waals surface area contributed by atoms with Gasteiger partial charge in [-0.25, -0.2) is 0 Å². The molecular weight excluding hydrogens is 274 g/mol. The van der Waals surface area contributed by atoms with Gasteiger partial charge >= 0.3 is 0 Å². The molecule has 1 aromatic carbocycles. The van der Waals surface area contributed by atoms with Crippen LogP contribution in [0.15, 0.2) is 29.3 Å². The van der Waals surface area contributed by atoms with Gasteiger partial charge < -0.3 is 15.4 Å². The Balaban J connectivity index is 1.97. The molecular formula is C18H29N3O. The Morgan fingerprint density at radius 2 is 1.95 bits per heavy atom. The highest BCUT2D eigenvalue weighted by Gasteiger charge is 2.33. The van der Waals surface area contributed by atoms with Crippen LogP contribution in [0, 0.1) is 5.41 Å². The minimum Gasteiger partial charge on any atom is -0.380 e. The molecule has 4 heteroatoms. The van der Waals surface area contributed by atoms with Gasteiger partial charge in [0, 0.05) is 12.0 Å². The highest BCUT2D eigenvalue weighted by Crippen LogP contribution is 2.26. The summed E-state index contributed by atoms with van der Waals surface area (Å²) in [6, 6.07) is 9.02. The van der Waals surface area contributed by atoms with E-state index in [1.165, 1.54) is 11.1 Å². The van der Waals surface area contributed by atoms with E-state index in [1.54, 1.807) is 0 Å². The third-order valence-corrected chi connectivity index (χ3v) is 4.11. The largest absolute Gasteiger partial charge is 0.380 e. The first-order chi connectivity index (χ1) is 10.6. The molecule has 0 amide bonds. The van der Waals surface area contributed by atoms with E-state index < -0.39 is 0 Å². The number of aryl methyl sites for hydroxylation is 1. The number of hydrogen-bond donors (Lipinski definition) is 2. The fraction of sp³-hybridized carbons (Fsp3) is 0.611. The molecule has 22 heavy (non-hydrogen) atoms. The van der Waals surface area contributed by atoms with Crippen molar-refractivity contribution in [1.29, 1.82) is 0 Å². The Morgan fingerprint density at radius 1 is 1.27 bits per heavy atom. The van der Waals surface area contributed by atoms with Gasteiger partial charge in [0.05, 0.1) is 25.8 Å². The highest BCUT2D eigenvalue weighted by molar-refractivity contribution is 5.80. The second-order valence-electron chi connectivity index (χ2n) is 6.46. The van der Waals surface area contributed by atoms with Crippen molar-refractivity contribution in [1.82, 2.24) is 10.6 Å². The van der Waals surface area contributed by atoms with Crippen LogP contribution in [0.2, 0.25) is 0 Å². The van der Waals surface area contributed by atoms with Crippen molar-refractivity contribution in [2.75, 3.05) is 26.3 Å². The molecule has 2 rings (SSSR count). The quantitative estimate of drug-likeness (QED) is 0.627. The van der Waals surface area contributed by atoms with E-state index >= 15 is 0 Å². The Morgan fingerprint density at radius 3 is 2.45 bits per heavy atom. The number of hydrogen-bond acceptors (Lipinski definition) is 2. The molecule has 1 saturated heterocycles. The third kappa shape index (κ3) is 4.47. The topological polar surface area (TPSA) is 45.7 Å². The van der Waals surface area contributed by atoms with E-state index in [9.17, 15) is 0 Å². The molecule has 1 fully saturated rings. The van der Waals surface area contributed by atoms with Gasteiger partial charge in [0.1, 0.15) is 0 Å². The lowest BCUT2D eigenvalue weighted by Gasteiger charge is -2.36. The van der Waals surface area contributed by atoms with Crippen molar-refractivity contribution in [2.24, 2.45) is 10.4 Å². The molecule has 1 aliphatic heterocycles. The summed E-state index contributed by atoms with van der Waals surface area (Å²) in [6.45, 7) is 11.9. The number of aliphatic imine (C=N–C) groups is 1. The third-order valence-electron chi connectivity index (χ3n) is 4.11. The maximum atomic E-state index is 5.29. The molecule has 122 valence electrons. The van der Waals surface area contributed by atoms with E-state index in [2.05, 4.69) is 62.6 Å². The van der Waals surface area contributed by atoms with E-state index in [0.29, 0.717) is 0 Å². The first kappa shape index (κ1) is 16.8. The van der Waals surface area contributed by atoms with E-state index in [4.69, 9.17) is 9.73 Å². The molecule has 2 N–H and O–H groups in total. The van der Waals surface area contributed by atoms with Gasteiger partial charge in [-0.2, -0.15) is 0 Å². The van der Waals surface area contributed by atoms with Crippen LogP contribution < -0.4 is 10.6 Å². The summed E-state index contributed by atoms with van der Waals surface area (Å²) in [5.74, 6) is 0.877. The average Bonchev–Trinajstić information content (AvgIpc) is 2.51. The molecule has 1 atom stereocenters. The van der Waals surface area contributed by atoms with Crippen molar-refractivity contribution in [3.63, 3.8) is 0 Å². The van der Waals surface area contributed by atoms with Crippen molar-refractivity contribution in [3.8, 4) is 0 Å². The predicted octanol–water partition coefficient (Wildman–Crippen LogP) is 2.90. The summed E-state index contributed by atoms with van der Waals surface area (Å²) in [5, 5.41) is 6.82. The fourth-order valence-corrected chi connectivity index (χ4v) is 2.46. The van der Waals surface area contributed by atoms with E-state index in [0.717, 1.165) is 38.7 Å². The zero-order chi connectivity index (χ0) is 16.0. The van der Waals surface area contributed by atoms with Gasteiger partial charge in [0.2, 0.25) is 0 Å². The molecule has 0 aliphatic carbocycles. The zero-order valence-corrected chi connectivity index (χ0v) is 14.3. The van der Waals surface area contributed by atoms with Crippen molar-refractivity contribution in [3.05, 3.63) is 35.4 Å². The maximum absolute atomic E-state index is 5.29. The predicted molar refractivity (Wildman–Crippen MR) is 92.3 cm³/mol. The molecule has 1 aliphatic rings. The van der Waals surface area contributed by atoms with E-state index in [-0.39, 0.29) is 11.5 Å². The molecule has 0 spiro atoms. The van der Waals surface area contributed by atoms with Gasteiger partial charge in [-0.3, -0.25) is 4.99 Å². The van der Waals surface area contributed by atoms with Crippen LogP contribution in [0.4, 0.5) is 0 Å². The summed E-state index contributed by atoms with van der Waals surface area (Å²) >= 11 is 0. The number of nitrogens with zero attached hydrogens (tertiary/aromatic N) is 1. The lowest BCUT2D eigenvalue weighted by atomic mass is 9.89. The molecule has 0 radical (unpaired) electrons. The summed E-state index contributed by atoms with van der Waals surface area (Å²) in [7, 11) is 0. The molecule has 0 bridgehead atoms. The van der Waals surface area contributed by atoms with Crippen LogP contribution >= 0.6 is 0 Å². The molecule has 4 nitrogen and oxygen atoms in total. The maximum Gasteiger partial charge on any atom is 0.191 e. The number of guanidine groups is 1. The summed E-state index contributed by atoms with van der Waals surface area (Å²) < 4.78 is 5.29. The smallest absolute Gasteiger partial charge is 0.191 e. The highest BCUT2D eigenvalue weighted by atomic mass is 16.5.